The Morgan fingerprint density at radius 3 is 1.91 bits per heavy atom. The number of thiocarbonyl (C=S) groups is 1. The Morgan fingerprint density at radius 2 is 1.37 bits per heavy atom. The topological polar surface area (TPSA) is 56.3 Å². The number of benzene rings is 1. The second-order valence-electron chi connectivity index (χ2n) is 10.3. The van der Waals surface area contributed by atoms with Crippen LogP contribution in [0.2, 0.25) is 0 Å². The molecule has 3 aliphatic rings. The molecule has 0 radical (unpaired) electrons. The third-order valence-electron chi connectivity index (χ3n) is 7.89. The second kappa shape index (κ2) is 11.1. The number of piperidine rings is 2. The van der Waals surface area contributed by atoms with Crippen molar-refractivity contribution in [3.63, 3.8) is 0 Å². The van der Waals surface area contributed by atoms with E-state index in [0.717, 1.165) is 57.2 Å². The summed E-state index contributed by atoms with van der Waals surface area (Å²) in [5.74, 6) is 2.35. The first kappa shape index (κ1) is 24.2. The molecule has 0 spiro atoms. The number of anilines is 3. The lowest BCUT2D eigenvalue weighted by Crippen LogP contribution is -2.41. The lowest BCUT2D eigenvalue weighted by molar-refractivity contribution is 0.434. The van der Waals surface area contributed by atoms with Crippen LogP contribution in [0.15, 0.2) is 30.3 Å². The molecule has 6 nitrogen and oxygen atoms in total. The molecule has 1 aromatic carbocycles. The van der Waals surface area contributed by atoms with Crippen molar-refractivity contribution in [3.05, 3.63) is 41.7 Å². The van der Waals surface area contributed by atoms with E-state index in [1.54, 1.807) is 12.1 Å². The van der Waals surface area contributed by atoms with Crippen LogP contribution in [0.5, 0.6) is 0 Å². The molecule has 2 aromatic rings. The molecule has 0 unspecified atom stereocenters. The molecular formula is C27H37FN6S. The molecule has 8 heteroatoms. The summed E-state index contributed by atoms with van der Waals surface area (Å²) in [5.41, 5.74) is 1.16. The molecule has 0 amide bonds. The summed E-state index contributed by atoms with van der Waals surface area (Å²) >= 11 is 5.70. The van der Waals surface area contributed by atoms with Crippen molar-refractivity contribution in [1.29, 1.82) is 0 Å². The highest BCUT2D eigenvalue weighted by Crippen LogP contribution is 2.40. The van der Waals surface area contributed by atoms with E-state index in [1.165, 1.54) is 56.9 Å². The quantitative estimate of drug-likeness (QED) is 0.520. The van der Waals surface area contributed by atoms with Crippen LogP contribution < -0.4 is 20.4 Å². The van der Waals surface area contributed by atoms with E-state index < -0.39 is 0 Å². The highest BCUT2D eigenvalue weighted by Gasteiger charge is 2.35. The fourth-order valence-corrected chi connectivity index (χ4v) is 6.03. The predicted molar refractivity (Wildman–Crippen MR) is 145 cm³/mol. The van der Waals surface area contributed by atoms with Gasteiger partial charge in [0.25, 0.3) is 0 Å². The fourth-order valence-electron chi connectivity index (χ4n) is 5.87. The Morgan fingerprint density at radius 1 is 0.829 bits per heavy atom. The summed E-state index contributed by atoms with van der Waals surface area (Å²) in [4.78, 5) is 14.5. The van der Waals surface area contributed by atoms with E-state index >= 15 is 0 Å². The molecule has 1 saturated carbocycles. The van der Waals surface area contributed by atoms with E-state index in [1.807, 2.05) is 12.1 Å². The molecule has 0 atom stereocenters. The Balaban J connectivity index is 1.30. The fraction of sp³-hybridized carbons (Fsp3) is 0.593. The van der Waals surface area contributed by atoms with Crippen molar-refractivity contribution in [2.45, 2.75) is 69.6 Å². The van der Waals surface area contributed by atoms with Crippen LogP contribution in [-0.2, 0) is 5.41 Å². The van der Waals surface area contributed by atoms with Gasteiger partial charge in [0.05, 0.1) is 0 Å². The molecular weight excluding hydrogens is 459 g/mol. The summed E-state index contributed by atoms with van der Waals surface area (Å²) in [5, 5.41) is 7.27. The summed E-state index contributed by atoms with van der Waals surface area (Å²) in [7, 11) is 0. The highest BCUT2D eigenvalue weighted by atomic mass is 32.1. The van der Waals surface area contributed by atoms with Crippen molar-refractivity contribution in [2.24, 2.45) is 0 Å². The average molecular weight is 497 g/mol. The zero-order chi connectivity index (χ0) is 24.1. The Kier molecular flexibility index (Phi) is 7.66. The van der Waals surface area contributed by atoms with E-state index in [2.05, 4.69) is 26.5 Å². The molecule has 2 saturated heterocycles. The summed E-state index contributed by atoms with van der Waals surface area (Å²) in [6.45, 7) is 4.88. The van der Waals surface area contributed by atoms with Crippen LogP contribution in [0, 0.1) is 5.82 Å². The molecule has 3 fully saturated rings. The number of aromatic nitrogens is 2. The van der Waals surface area contributed by atoms with Crippen molar-refractivity contribution in [2.75, 3.05) is 47.8 Å². The molecule has 2 aliphatic heterocycles. The maximum Gasteiger partial charge on any atom is 0.232 e. The van der Waals surface area contributed by atoms with Gasteiger partial charge in [-0.3, -0.25) is 0 Å². The smallest absolute Gasteiger partial charge is 0.232 e. The maximum absolute atomic E-state index is 13.5. The first-order valence-electron chi connectivity index (χ1n) is 13.3. The van der Waals surface area contributed by atoms with Crippen LogP contribution in [0.25, 0.3) is 0 Å². The normalized spacial score (nSPS) is 20.0. The summed E-state index contributed by atoms with van der Waals surface area (Å²) < 4.78 is 13.5. The predicted octanol–water partition coefficient (Wildman–Crippen LogP) is 5.39. The van der Waals surface area contributed by atoms with E-state index in [4.69, 9.17) is 22.2 Å². The largest absolute Gasteiger partial charge is 0.361 e. The van der Waals surface area contributed by atoms with Crippen LogP contribution in [-0.4, -0.2) is 47.8 Å². The van der Waals surface area contributed by atoms with Gasteiger partial charge in [0, 0.05) is 44.2 Å². The first-order chi connectivity index (χ1) is 17.1. The minimum atomic E-state index is -0.192. The number of nitrogens with one attached hydrogen (secondary N) is 2. The number of rotatable bonds is 6. The molecule has 35 heavy (non-hydrogen) atoms. The van der Waals surface area contributed by atoms with Gasteiger partial charge < -0.3 is 20.4 Å². The number of hydrogen-bond acceptors (Lipinski definition) is 5. The van der Waals surface area contributed by atoms with Crippen LogP contribution in [0.4, 0.5) is 22.0 Å². The Labute approximate surface area is 213 Å². The second-order valence-corrected chi connectivity index (χ2v) is 10.7. The van der Waals surface area contributed by atoms with Gasteiger partial charge in [0.1, 0.15) is 17.5 Å². The van der Waals surface area contributed by atoms with Gasteiger partial charge >= 0.3 is 0 Å². The van der Waals surface area contributed by atoms with Crippen molar-refractivity contribution in [1.82, 2.24) is 15.3 Å². The van der Waals surface area contributed by atoms with Crippen LogP contribution in [0.1, 0.15) is 69.8 Å². The maximum atomic E-state index is 13.5. The van der Waals surface area contributed by atoms with E-state index in [-0.39, 0.29) is 11.2 Å². The zero-order valence-electron chi connectivity index (χ0n) is 20.6. The molecule has 188 valence electrons. The van der Waals surface area contributed by atoms with Gasteiger partial charge in [-0.05, 0) is 81.3 Å². The number of nitrogens with zero attached hydrogens (tertiary/aromatic N) is 4. The highest BCUT2D eigenvalue weighted by molar-refractivity contribution is 7.80. The molecule has 0 bridgehead atoms. The van der Waals surface area contributed by atoms with E-state index in [0.29, 0.717) is 11.1 Å². The van der Waals surface area contributed by atoms with Gasteiger partial charge in [0.15, 0.2) is 5.11 Å². The van der Waals surface area contributed by atoms with Crippen molar-refractivity contribution in [3.8, 4) is 0 Å². The van der Waals surface area contributed by atoms with Crippen LogP contribution >= 0.6 is 12.2 Å². The van der Waals surface area contributed by atoms with Crippen LogP contribution in [0.3, 0.4) is 0 Å². The molecule has 1 aromatic heterocycles. The SMILES string of the molecule is Fc1ccc(C2(CNC(=S)Nc3nc(N4CCCCC4)cc(N4CCCCC4)n3)CCCC2)cc1. The summed E-state index contributed by atoms with van der Waals surface area (Å²) in [6.07, 6.45) is 11.9. The molecule has 5 rings (SSSR count). The van der Waals surface area contributed by atoms with E-state index in [9.17, 15) is 4.39 Å². The molecule has 1 aliphatic carbocycles. The average Bonchev–Trinajstić information content (AvgIpc) is 3.39. The van der Waals surface area contributed by atoms with Gasteiger partial charge in [-0.2, -0.15) is 9.97 Å². The van der Waals surface area contributed by atoms with Gasteiger partial charge in [0.2, 0.25) is 5.95 Å². The minimum absolute atomic E-state index is 0.0189. The molecule has 2 N–H and O–H groups in total. The lowest BCUT2D eigenvalue weighted by atomic mass is 9.79. The standard InChI is InChI=1S/C27H37FN6S/c28-22-11-9-21(10-12-22)27(13-3-4-14-27)20-29-26(35)32-25-30-23(33-15-5-1-6-16-33)19-24(31-25)34-17-7-2-8-18-34/h9-12,19H,1-8,13-18,20H2,(H2,29,30,31,32,35). The van der Waals surface area contributed by atoms with Crippen molar-refractivity contribution < 1.29 is 4.39 Å². The third-order valence-corrected chi connectivity index (χ3v) is 8.14. The van der Waals surface area contributed by atoms with Gasteiger partial charge in [-0.15, -0.1) is 0 Å². The number of hydrogen-bond donors (Lipinski definition) is 2. The third kappa shape index (κ3) is 5.85. The van der Waals surface area contributed by atoms with Gasteiger partial charge in [-0.25, -0.2) is 4.39 Å². The molecule has 3 heterocycles. The van der Waals surface area contributed by atoms with Crippen molar-refractivity contribution >= 4 is 34.9 Å². The summed E-state index contributed by atoms with van der Waals surface area (Å²) in [6, 6.07) is 9.13. The van der Waals surface area contributed by atoms with Gasteiger partial charge in [-0.1, -0.05) is 25.0 Å². The monoisotopic (exact) mass is 496 g/mol. The zero-order valence-corrected chi connectivity index (χ0v) is 21.4. The first-order valence-corrected chi connectivity index (χ1v) is 13.7. The Hall–Kier alpha value is -2.48. The number of halogens is 1. The lowest BCUT2D eigenvalue weighted by Gasteiger charge is -2.32. The minimum Gasteiger partial charge on any atom is -0.361 e. The Bertz CT molecular complexity index is 959.